The van der Waals surface area contributed by atoms with Crippen LogP contribution < -0.4 is 0 Å². The molecule has 0 aromatic heterocycles. The van der Waals surface area contributed by atoms with Gasteiger partial charge >= 0.3 is 0 Å². The van der Waals surface area contributed by atoms with E-state index in [0.717, 1.165) is 6.54 Å². The summed E-state index contributed by atoms with van der Waals surface area (Å²) in [6.45, 7) is 4.16. The molecule has 66 valence electrons. The number of hydrogen-bond donors (Lipinski definition) is 0. The maximum Gasteiger partial charge on any atom is 0.0949 e. The van der Waals surface area contributed by atoms with E-state index < -0.39 is 0 Å². The topological polar surface area (TPSA) is 21.7 Å². The van der Waals surface area contributed by atoms with Gasteiger partial charge in [0, 0.05) is 6.54 Å². The molecule has 0 N–H and O–H groups in total. The van der Waals surface area contributed by atoms with Crippen molar-refractivity contribution in [3.8, 4) is 0 Å². The monoisotopic (exact) mass is 159 g/mol. The highest BCUT2D eigenvalue weighted by atomic mass is 17.2. The van der Waals surface area contributed by atoms with E-state index in [1.807, 2.05) is 0 Å². The second-order valence-corrected chi connectivity index (χ2v) is 2.89. The minimum atomic E-state index is 0.691. The Labute approximate surface area is 68.2 Å². The summed E-state index contributed by atoms with van der Waals surface area (Å²) in [6, 6.07) is 0. The Morgan fingerprint density at radius 2 is 1.91 bits per heavy atom. The van der Waals surface area contributed by atoms with Crippen LogP contribution in [0, 0.1) is 0 Å². The fourth-order valence-corrected chi connectivity index (χ4v) is 1.43. The molecule has 0 spiro atoms. The quantitative estimate of drug-likeness (QED) is 0.348. The number of hydrogen-bond acceptors (Lipinski definition) is 3. The average molecular weight is 159 g/mol. The Balaban J connectivity index is 1.96. The van der Waals surface area contributed by atoms with Crippen molar-refractivity contribution in [2.45, 2.75) is 19.3 Å². The third-order valence-corrected chi connectivity index (χ3v) is 2.06. The molecule has 0 aromatic carbocycles. The van der Waals surface area contributed by atoms with Gasteiger partial charge in [-0.15, -0.1) is 0 Å². The van der Waals surface area contributed by atoms with E-state index in [2.05, 4.69) is 9.79 Å². The lowest BCUT2D eigenvalue weighted by Crippen LogP contribution is -2.32. The third-order valence-electron chi connectivity index (χ3n) is 2.06. The van der Waals surface area contributed by atoms with Crippen molar-refractivity contribution in [3.63, 3.8) is 0 Å². The Kier molecular flexibility index (Phi) is 4.50. The Morgan fingerprint density at radius 3 is 2.55 bits per heavy atom. The second kappa shape index (κ2) is 5.52. The summed E-state index contributed by atoms with van der Waals surface area (Å²) >= 11 is 0. The summed E-state index contributed by atoms with van der Waals surface area (Å²) in [7, 11) is 1.55. The van der Waals surface area contributed by atoms with Crippen LogP contribution in [0.25, 0.3) is 0 Å². The van der Waals surface area contributed by atoms with Crippen LogP contribution in [0.3, 0.4) is 0 Å². The Bertz CT molecular complexity index is 92.1. The van der Waals surface area contributed by atoms with Gasteiger partial charge in [-0.1, -0.05) is 6.42 Å². The van der Waals surface area contributed by atoms with E-state index >= 15 is 0 Å². The van der Waals surface area contributed by atoms with Gasteiger partial charge in [0.2, 0.25) is 0 Å². The van der Waals surface area contributed by atoms with E-state index in [-0.39, 0.29) is 0 Å². The molecule has 1 heterocycles. The Morgan fingerprint density at radius 1 is 1.18 bits per heavy atom. The summed E-state index contributed by atoms with van der Waals surface area (Å²) in [4.78, 5) is 11.7. The van der Waals surface area contributed by atoms with E-state index in [1.165, 1.54) is 32.4 Å². The largest absolute Gasteiger partial charge is 0.301 e. The lowest BCUT2D eigenvalue weighted by Gasteiger charge is -2.25. The Hall–Kier alpha value is -0.120. The first-order valence-electron chi connectivity index (χ1n) is 4.31. The van der Waals surface area contributed by atoms with Crippen LogP contribution >= 0.6 is 0 Å². The van der Waals surface area contributed by atoms with Crippen molar-refractivity contribution in [3.05, 3.63) is 0 Å². The van der Waals surface area contributed by atoms with Crippen molar-refractivity contribution >= 4 is 0 Å². The molecule has 1 saturated heterocycles. The fraction of sp³-hybridized carbons (Fsp3) is 1.00. The molecular weight excluding hydrogens is 142 g/mol. The van der Waals surface area contributed by atoms with Crippen LogP contribution in [0.15, 0.2) is 0 Å². The molecule has 0 saturated carbocycles. The molecular formula is C8H17NO2. The summed E-state index contributed by atoms with van der Waals surface area (Å²) in [5.74, 6) is 0. The summed E-state index contributed by atoms with van der Waals surface area (Å²) in [5.41, 5.74) is 0. The lowest BCUT2D eigenvalue weighted by molar-refractivity contribution is -0.273. The van der Waals surface area contributed by atoms with Gasteiger partial charge in [0.05, 0.1) is 13.7 Å². The van der Waals surface area contributed by atoms with Gasteiger partial charge in [-0.2, -0.15) is 0 Å². The van der Waals surface area contributed by atoms with Crippen LogP contribution in [0.1, 0.15) is 19.3 Å². The first kappa shape index (κ1) is 8.97. The SMILES string of the molecule is COOCCN1CCCCC1. The summed E-state index contributed by atoms with van der Waals surface area (Å²) in [6.07, 6.45) is 4.07. The molecule has 3 nitrogen and oxygen atoms in total. The van der Waals surface area contributed by atoms with Crippen LogP contribution in [-0.2, 0) is 9.78 Å². The standard InChI is InChI=1S/C8H17NO2/c1-10-11-8-7-9-5-3-2-4-6-9/h2-8H2,1H3. The van der Waals surface area contributed by atoms with E-state index in [4.69, 9.17) is 4.89 Å². The van der Waals surface area contributed by atoms with E-state index in [1.54, 1.807) is 7.11 Å². The fourth-order valence-electron chi connectivity index (χ4n) is 1.43. The number of nitrogens with zero attached hydrogens (tertiary/aromatic N) is 1. The maximum atomic E-state index is 4.79. The zero-order valence-corrected chi connectivity index (χ0v) is 7.21. The van der Waals surface area contributed by atoms with Gasteiger partial charge in [-0.25, -0.2) is 9.78 Å². The smallest absolute Gasteiger partial charge is 0.0949 e. The molecule has 1 aliphatic rings. The molecule has 3 heteroatoms. The van der Waals surface area contributed by atoms with Gasteiger partial charge in [-0.3, -0.25) is 0 Å². The molecule has 1 fully saturated rings. The molecule has 0 bridgehead atoms. The van der Waals surface area contributed by atoms with Gasteiger partial charge in [0.15, 0.2) is 0 Å². The van der Waals surface area contributed by atoms with Crippen LogP contribution in [-0.4, -0.2) is 38.3 Å². The highest BCUT2D eigenvalue weighted by molar-refractivity contribution is 4.63. The van der Waals surface area contributed by atoms with Crippen molar-refractivity contribution in [1.29, 1.82) is 0 Å². The van der Waals surface area contributed by atoms with Crippen LogP contribution in [0.5, 0.6) is 0 Å². The predicted octanol–water partition coefficient (Wildman–Crippen LogP) is 1.05. The normalized spacial score (nSPS) is 20.5. The molecule has 1 rings (SSSR count). The predicted molar refractivity (Wildman–Crippen MR) is 43.3 cm³/mol. The van der Waals surface area contributed by atoms with Gasteiger partial charge < -0.3 is 4.90 Å². The van der Waals surface area contributed by atoms with E-state index in [0.29, 0.717) is 6.61 Å². The minimum Gasteiger partial charge on any atom is -0.301 e. The van der Waals surface area contributed by atoms with Crippen molar-refractivity contribution in [1.82, 2.24) is 4.90 Å². The molecule has 0 atom stereocenters. The van der Waals surface area contributed by atoms with Crippen molar-refractivity contribution in [2.24, 2.45) is 0 Å². The first-order valence-corrected chi connectivity index (χ1v) is 4.31. The van der Waals surface area contributed by atoms with E-state index in [9.17, 15) is 0 Å². The number of likely N-dealkylation sites (tertiary alicyclic amines) is 1. The zero-order valence-electron chi connectivity index (χ0n) is 7.21. The molecule has 0 aromatic rings. The third kappa shape index (κ3) is 3.70. The molecule has 0 amide bonds. The molecule has 0 radical (unpaired) electrons. The zero-order chi connectivity index (χ0) is 7.94. The van der Waals surface area contributed by atoms with Gasteiger partial charge in [-0.05, 0) is 25.9 Å². The molecule has 0 unspecified atom stereocenters. The maximum absolute atomic E-state index is 4.79. The minimum absolute atomic E-state index is 0.691. The second-order valence-electron chi connectivity index (χ2n) is 2.89. The van der Waals surface area contributed by atoms with Crippen LogP contribution in [0.2, 0.25) is 0 Å². The van der Waals surface area contributed by atoms with Crippen molar-refractivity contribution < 1.29 is 9.78 Å². The number of piperidine rings is 1. The highest BCUT2D eigenvalue weighted by Crippen LogP contribution is 2.07. The molecule has 0 aliphatic carbocycles. The summed E-state index contributed by atoms with van der Waals surface area (Å²) in [5, 5.41) is 0. The molecule has 1 aliphatic heterocycles. The lowest BCUT2D eigenvalue weighted by atomic mass is 10.1. The first-order chi connectivity index (χ1) is 5.43. The summed E-state index contributed by atoms with van der Waals surface area (Å²) < 4.78 is 0. The number of rotatable bonds is 4. The average Bonchev–Trinajstić information content (AvgIpc) is 2.07. The van der Waals surface area contributed by atoms with Crippen molar-refractivity contribution in [2.75, 3.05) is 33.4 Å². The highest BCUT2D eigenvalue weighted by Gasteiger charge is 2.08. The van der Waals surface area contributed by atoms with Crippen LogP contribution in [0.4, 0.5) is 0 Å². The van der Waals surface area contributed by atoms with Gasteiger partial charge in [0.1, 0.15) is 0 Å². The molecule has 11 heavy (non-hydrogen) atoms. The van der Waals surface area contributed by atoms with Gasteiger partial charge in [0.25, 0.3) is 0 Å².